The lowest BCUT2D eigenvalue weighted by Crippen LogP contribution is -2.64. The summed E-state index contributed by atoms with van der Waals surface area (Å²) in [6, 6.07) is 0. The molecule has 0 aromatic carbocycles. The molecule has 5 heteroatoms. The van der Waals surface area contributed by atoms with Crippen molar-refractivity contribution < 1.29 is 18.0 Å². The summed E-state index contributed by atoms with van der Waals surface area (Å²) in [6.07, 6.45) is 6.63. The van der Waals surface area contributed by atoms with Crippen molar-refractivity contribution in [2.24, 2.45) is 0 Å². The molecule has 0 saturated heterocycles. The molecule has 0 saturated carbocycles. The van der Waals surface area contributed by atoms with Crippen LogP contribution in [-0.2, 0) is 10.1 Å². The minimum absolute atomic E-state index is 0.0698. The van der Waals surface area contributed by atoms with Crippen LogP contribution in [0, 0.1) is 0 Å². The van der Waals surface area contributed by atoms with Gasteiger partial charge in [0.05, 0.1) is 0 Å². The molecule has 2 aliphatic rings. The van der Waals surface area contributed by atoms with Crippen LogP contribution in [0.25, 0.3) is 0 Å². The fraction of sp³-hybridized carbons (Fsp3) is 0.125. The molecule has 1 aliphatic heterocycles. The second-order valence-corrected chi connectivity index (χ2v) is 4.28. The maximum Gasteiger partial charge on any atom is 0.207 e. The fourth-order valence-electron chi connectivity index (χ4n) is 1.32. The number of allylic oxidation sites excluding steroid dienone is 5. The highest BCUT2D eigenvalue weighted by Crippen LogP contribution is 2.24. The van der Waals surface area contributed by atoms with Crippen molar-refractivity contribution in [3.8, 4) is 0 Å². The van der Waals surface area contributed by atoms with Crippen molar-refractivity contribution in [3.05, 3.63) is 34.4 Å². The van der Waals surface area contributed by atoms with Gasteiger partial charge in [-0.25, -0.2) is 13.4 Å². The van der Waals surface area contributed by atoms with E-state index in [0.717, 1.165) is 11.3 Å². The third-order valence-corrected chi connectivity index (χ3v) is 2.91. The standard InChI is InChI=1S/C8H7NO3S/c10-13(11,12)7-1-2-8-6(5-7)3-4-9-8/h1-4H,5H2,(H,10,11,12). The Morgan fingerprint density at radius 1 is 1.31 bits per heavy atom. The summed E-state index contributed by atoms with van der Waals surface area (Å²) in [5, 5.41) is 0. The zero-order chi connectivity index (χ0) is 9.47. The zero-order valence-corrected chi connectivity index (χ0v) is 7.47. The molecular weight excluding hydrogens is 190 g/mol. The number of fused-ring (bicyclic) bond motifs is 1. The van der Waals surface area contributed by atoms with E-state index in [1.54, 1.807) is 18.4 Å². The van der Waals surface area contributed by atoms with Gasteiger partial charge >= 0.3 is 0 Å². The van der Waals surface area contributed by atoms with Crippen molar-refractivity contribution in [1.82, 2.24) is 0 Å². The smallest absolute Gasteiger partial charge is 0.207 e. The van der Waals surface area contributed by atoms with Gasteiger partial charge in [-0.2, -0.15) is 0 Å². The molecule has 0 amide bonds. The van der Waals surface area contributed by atoms with E-state index >= 15 is 0 Å². The summed E-state index contributed by atoms with van der Waals surface area (Å²) < 4.78 is 32.0. The second kappa shape index (κ2) is 2.65. The van der Waals surface area contributed by atoms with Crippen LogP contribution in [0.4, 0.5) is 0 Å². The molecular formula is C8H7NO3S. The molecule has 0 unspecified atom stereocenters. The van der Waals surface area contributed by atoms with Crippen LogP contribution in [0.1, 0.15) is 6.42 Å². The van der Waals surface area contributed by atoms with Crippen LogP contribution in [-0.4, -0.2) is 19.2 Å². The summed E-state index contributed by atoms with van der Waals surface area (Å²) in [7, 11) is -4.28. The van der Waals surface area contributed by atoms with E-state index in [4.69, 9.17) is 0 Å². The van der Waals surface area contributed by atoms with Crippen LogP contribution in [0.15, 0.2) is 34.4 Å². The molecule has 68 valence electrons. The molecule has 2 rings (SSSR count). The van der Waals surface area contributed by atoms with E-state index < -0.39 is 10.1 Å². The SMILES string of the molecule is O=S(=O)([O-])C1=CC=C2[NH+]=CC=C2C1. The largest absolute Gasteiger partial charge is 0.744 e. The molecule has 0 bridgehead atoms. The van der Waals surface area contributed by atoms with E-state index in [-0.39, 0.29) is 11.3 Å². The molecule has 1 aliphatic carbocycles. The normalized spacial score (nSPS) is 20.5. The van der Waals surface area contributed by atoms with Gasteiger partial charge in [0.15, 0.2) is 6.21 Å². The summed E-state index contributed by atoms with van der Waals surface area (Å²) in [4.78, 5) is 2.86. The van der Waals surface area contributed by atoms with Gasteiger partial charge in [0, 0.05) is 29.1 Å². The van der Waals surface area contributed by atoms with Crippen molar-refractivity contribution in [1.29, 1.82) is 0 Å². The summed E-state index contributed by atoms with van der Waals surface area (Å²) in [5.74, 6) is 0. The molecule has 0 fully saturated rings. The molecule has 4 nitrogen and oxygen atoms in total. The molecule has 0 radical (unpaired) electrons. The van der Waals surface area contributed by atoms with Crippen LogP contribution in [0.2, 0.25) is 0 Å². The topological polar surface area (TPSA) is 71.2 Å². The van der Waals surface area contributed by atoms with Gasteiger partial charge in [-0.15, -0.1) is 0 Å². The van der Waals surface area contributed by atoms with Crippen molar-refractivity contribution in [2.45, 2.75) is 6.42 Å². The van der Waals surface area contributed by atoms with Crippen molar-refractivity contribution in [3.63, 3.8) is 0 Å². The average molecular weight is 197 g/mol. The van der Waals surface area contributed by atoms with Crippen molar-refractivity contribution in [2.75, 3.05) is 0 Å². The minimum Gasteiger partial charge on any atom is -0.744 e. The van der Waals surface area contributed by atoms with E-state index in [0.29, 0.717) is 0 Å². The van der Waals surface area contributed by atoms with Gasteiger partial charge in [-0.3, -0.25) is 0 Å². The third-order valence-electron chi connectivity index (χ3n) is 1.99. The predicted molar refractivity (Wildman–Crippen MR) is 45.6 cm³/mol. The van der Waals surface area contributed by atoms with E-state index in [1.165, 1.54) is 6.08 Å². The zero-order valence-electron chi connectivity index (χ0n) is 6.65. The molecule has 0 aromatic rings. The van der Waals surface area contributed by atoms with E-state index in [2.05, 4.69) is 4.99 Å². The molecule has 1 N–H and O–H groups in total. The van der Waals surface area contributed by atoms with Crippen molar-refractivity contribution >= 4 is 16.3 Å². The average Bonchev–Trinajstić information content (AvgIpc) is 2.47. The Kier molecular flexibility index (Phi) is 1.71. The monoisotopic (exact) mass is 197 g/mol. The van der Waals surface area contributed by atoms with Crippen LogP contribution in [0.3, 0.4) is 0 Å². The van der Waals surface area contributed by atoms with E-state index in [9.17, 15) is 13.0 Å². The lowest BCUT2D eigenvalue weighted by atomic mass is 10.1. The first-order chi connectivity index (χ1) is 6.07. The summed E-state index contributed by atoms with van der Waals surface area (Å²) >= 11 is 0. The Hall–Kier alpha value is -1.20. The van der Waals surface area contributed by atoms with Gasteiger partial charge in [0.2, 0.25) is 5.70 Å². The highest BCUT2D eigenvalue weighted by Gasteiger charge is 2.21. The Morgan fingerprint density at radius 2 is 2.08 bits per heavy atom. The fourth-order valence-corrected chi connectivity index (χ4v) is 1.89. The second-order valence-electron chi connectivity index (χ2n) is 2.85. The van der Waals surface area contributed by atoms with Crippen LogP contribution < -0.4 is 4.99 Å². The molecule has 0 atom stereocenters. The summed E-state index contributed by atoms with van der Waals surface area (Å²) in [5.41, 5.74) is 1.71. The Balaban J connectivity index is 2.42. The highest BCUT2D eigenvalue weighted by atomic mass is 32.2. The third kappa shape index (κ3) is 1.48. The first-order valence-corrected chi connectivity index (χ1v) is 5.14. The van der Waals surface area contributed by atoms with Gasteiger partial charge in [0.25, 0.3) is 0 Å². The number of hydrogen-bond acceptors (Lipinski definition) is 3. The lowest BCUT2D eigenvalue weighted by Gasteiger charge is -2.13. The Bertz CT molecular complexity index is 466. The quantitative estimate of drug-likeness (QED) is 0.536. The molecule has 0 spiro atoms. The predicted octanol–water partition coefficient (Wildman–Crippen LogP) is -1.21. The maximum atomic E-state index is 10.7. The van der Waals surface area contributed by atoms with Gasteiger partial charge in [-0.1, -0.05) is 0 Å². The van der Waals surface area contributed by atoms with E-state index in [1.807, 2.05) is 0 Å². The number of hydrogen-bond donors (Lipinski definition) is 1. The van der Waals surface area contributed by atoms with Gasteiger partial charge in [-0.05, 0) is 6.08 Å². The molecule has 1 heterocycles. The first-order valence-electron chi connectivity index (χ1n) is 3.73. The number of rotatable bonds is 1. The summed E-state index contributed by atoms with van der Waals surface area (Å²) in [6.45, 7) is 0. The lowest BCUT2D eigenvalue weighted by molar-refractivity contribution is -0.382. The molecule has 13 heavy (non-hydrogen) atoms. The number of nitrogens with one attached hydrogen (secondary N) is 1. The Labute approximate surface area is 75.7 Å². The van der Waals surface area contributed by atoms with Gasteiger partial charge < -0.3 is 4.55 Å². The highest BCUT2D eigenvalue weighted by molar-refractivity contribution is 7.89. The van der Waals surface area contributed by atoms with Crippen LogP contribution >= 0.6 is 0 Å². The first kappa shape index (κ1) is 8.40. The van der Waals surface area contributed by atoms with Crippen LogP contribution in [0.5, 0.6) is 0 Å². The Morgan fingerprint density at radius 3 is 2.77 bits per heavy atom. The maximum absolute atomic E-state index is 10.7. The minimum atomic E-state index is -4.28. The van der Waals surface area contributed by atoms with Gasteiger partial charge in [0.1, 0.15) is 10.1 Å². The molecule has 0 aromatic heterocycles.